The first-order chi connectivity index (χ1) is 9.90. The summed E-state index contributed by atoms with van der Waals surface area (Å²) in [5.41, 5.74) is 2.56. The van der Waals surface area contributed by atoms with Gasteiger partial charge in [0.1, 0.15) is 11.6 Å². The van der Waals surface area contributed by atoms with Crippen molar-refractivity contribution in [2.24, 2.45) is 0 Å². The molecule has 1 aromatic carbocycles. The summed E-state index contributed by atoms with van der Waals surface area (Å²) >= 11 is 0. The molecule has 0 bridgehead atoms. The Bertz CT molecular complexity index is 760. The van der Waals surface area contributed by atoms with Crippen molar-refractivity contribution in [2.75, 3.05) is 4.90 Å². The number of ketones is 1. The number of rotatable bonds is 2. The van der Waals surface area contributed by atoms with Crippen molar-refractivity contribution in [1.82, 2.24) is 5.16 Å². The van der Waals surface area contributed by atoms with E-state index >= 15 is 0 Å². The molecule has 1 aromatic heterocycles. The summed E-state index contributed by atoms with van der Waals surface area (Å²) in [5.74, 6) is -1.26. The Morgan fingerprint density at radius 1 is 1.24 bits per heavy atom. The molecule has 21 heavy (non-hydrogen) atoms. The first kappa shape index (κ1) is 13.5. The zero-order chi connectivity index (χ0) is 15.3. The first-order valence-electron chi connectivity index (χ1n) is 6.48. The SMILES string of the molecule is Cc1cc(F)cc2c1N(Cc1c(C)noc1C)C(=O)C2=O. The van der Waals surface area contributed by atoms with Gasteiger partial charge >= 0.3 is 0 Å². The molecule has 0 radical (unpaired) electrons. The maximum Gasteiger partial charge on any atom is 0.299 e. The predicted molar refractivity (Wildman–Crippen MR) is 72.6 cm³/mol. The molecule has 0 atom stereocenters. The van der Waals surface area contributed by atoms with Gasteiger partial charge in [0.15, 0.2) is 0 Å². The fraction of sp³-hybridized carbons (Fsp3) is 0.267. The highest BCUT2D eigenvalue weighted by atomic mass is 19.1. The molecule has 0 saturated heterocycles. The van der Waals surface area contributed by atoms with Crippen LogP contribution in [-0.2, 0) is 11.3 Å². The van der Waals surface area contributed by atoms with Crippen LogP contribution < -0.4 is 4.90 Å². The number of carbonyl (C=O) groups excluding carboxylic acids is 2. The lowest BCUT2D eigenvalue weighted by Gasteiger charge is -2.18. The van der Waals surface area contributed by atoms with E-state index in [9.17, 15) is 14.0 Å². The third-order valence-electron chi connectivity index (χ3n) is 3.72. The lowest BCUT2D eigenvalue weighted by atomic mass is 10.1. The molecule has 2 aromatic rings. The monoisotopic (exact) mass is 288 g/mol. The number of aromatic nitrogens is 1. The highest BCUT2D eigenvalue weighted by Gasteiger charge is 2.38. The summed E-state index contributed by atoms with van der Waals surface area (Å²) in [5, 5.41) is 3.84. The average molecular weight is 288 g/mol. The Labute approximate surface area is 120 Å². The molecule has 0 fully saturated rings. The number of carbonyl (C=O) groups is 2. The van der Waals surface area contributed by atoms with E-state index in [0.717, 1.165) is 11.6 Å². The Kier molecular flexibility index (Phi) is 2.90. The third-order valence-corrected chi connectivity index (χ3v) is 3.72. The van der Waals surface area contributed by atoms with E-state index < -0.39 is 17.5 Å². The van der Waals surface area contributed by atoms with Gasteiger partial charge in [0.25, 0.3) is 11.7 Å². The van der Waals surface area contributed by atoms with Crippen molar-refractivity contribution in [3.8, 4) is 0 Å². The van der Waals surface area contributed by atoms with E-state index in [1.165, 1.54) is 11.0 Å². The number of hydrogen-bond donors (Lipinski definition) is 0. The maximum absolute atomic E-state index is 13.4. The van der Waals surface area contributed by atoms with E-state index in [0.29, 0.717) is 22.7 Å². The van der Waals surface area contributed by atoms with Gasteiger partial charge in [-0.15, -0.1) is 0 Å². The molecule has 1 aliphatic rings. The van der Waals surface area contributed by atoms with Gasteiger partial charge in [-0.1, -0.05) is 5.16 Å². The van der Waals surface area contributed by atoms with Crippen LogP contribution in [0.5, 0.6) is 0 Å². The van der Waals surface area contributed by atoms with E-state index in [1.807, 2.05) is 0 Å². The van der Waals surface area contributed by atoms with Crippen LogP contribution in [0.1, 0.15) is 32.9 Å². The number of benzene rings is 1. The van der Waals surface area contributed by atoms with Crippen LogP contribution in [0.2, 0.25) is 0 Å². The minimum atomic E-state index is -0.681. The second-order valence-electron chi connectivity index (χ2n) is 5.14. The molecular weight excluding hydrogens is 275 g/mol. The van der Waals surface area contributed by atoms with E-state index in [2.05, 4.69) is 5.16 Å². The van der Waals surface area contributed by atoms with E-state index in [-0.39, 0.29) is 12.1 Å². The summed E-state index contributed by atoms with van der Waals surface area (Å²) in [7, 11) is 0. The van der Waals surface area contributed by atoms with Gasteiger partial charge in [0.2, 0.25) is 0 Å². The molecule has 2 heterocycles. The fourth-order valence-corrected chi connectivity index (χ4v) is 2.64. The van der Waals surface area contributed by atoms with Crippen LogP contribution >= 0.6 is 0 Å². The van der Waals surface area contributed by atoms with Gasteiger partial charge in [0, 0.05) is 5.56 Å². The highest BCUT2D eigenvalue weighted by molar-refractivity contribution is 6.52. The van der Waals surface area contributed by atoms with Crippen molar-refractivity contribution in [3.63, 3.8) is 0 Å². The molecule has 5 nitrogen and oxygen atoms in total. The van der Waals surface area contributed by atoms with Gasteiger partial charge in [-0.2, -0.15) is 0 Å². The lowest BCUT2D eigenvalue weighted by molar-refractivity contribution is -0.114. The molecule has 0 unspecified atom stereocenters. The molecule has 108 valence electrons. The second-order valence-corrected chi connectivity index (χ2v) is 5.14. The second kappa shape index (κ2) is 4.51. The third kappa shape index (κ3) is 1.94. The zero-order valence-electron chi connectivity index (χ0n) is 11.9. The smallest absolute Gasteiger partial charge is 0.299 e. The number of anilines is 1. The molecule has 1 aliphatic heterocycles. The van der Waals surface area contributed by atoms with Crippen LogP contribution in [0.25, 0.3) is 0 Å². The molecule has 0 N–H and O–H groups in total. The minimum Gasteiger partial charge on any atom is -0.361 e. The number of fused-ring (bicyclic) bond motifs is 1. The molecule has 1 amide bonds. The summed E-state index contributed by atoms with van der Waals surface area (Å²) in [4.78, 5) is 25.6. The standard InChI is InChI=1S/C15H13FN2O3/c1-7-4-10(16)5-11-13(7)18(15(20)14(11)19)6-12-8(2)17-21-9(12)3/h4-5H,6H2,1-3H3. The number of Topliss-reactive ketones (excluding diaryl/α,β-unsaturated/α-hetero) is 1. The van der Waals surface area contributed by atoms with Crippen LogP contribution in [0.15, 0.2) is 16.7 Å². The Hall–Kier alpha value is -2.50. The molecule has 3 rings (SSSR count). The van der Waals surface area contributed by atoms with Gasteiger partial charge in [-0.25, -0.2) is 4.39 Å². The normalized spacial score (nSPS) is 14.0. The van der Waals surface area contributed by atoms with Crippen LogP contribution in [0.3, 0.4) is 0 Å². The number of nitrogens with zero attached hydrogens (tertiary/aromatic N) is 2. The maximum atomic E-state index is 13.4. The molecule has 0 aliphatic carbocycles. The minimum absolute atomic E-state index is 0.115. The van der Waals surface area contributed by atoms with Crippen molar-refractivity contribution >= 4 is 17.4 Å². The van der Waals surface area contributed by atoms with Crippen LogP contribution in [0.4, 0.5) is 10.1 Å². The van der Waals surface area contributed by atoms with Gasteiger partial charge < -0.3 is 4.52 Å². The summed E-state index contributed by atoms with van der Waals surface area (Å²) in [6, 6.07) is 2.42. The Morgan fingerprint density at radius 3 is 2.57 bits per heavy atom. The van der Waals surface area contributed by atoms with E-state index in [4.69, 9.17) is 4.52 Å². The number of amides is 1. The predicted octanol–water partition coefficient (Wildman–Crippen LogP) is 2.47. The van der Waals surface area contributed by atoms with Gasteiger partial charge in [0.05, 0.1) is 23.5 Å². The number of halogens is 1. The molecule has 0 spiro atoms. The van der Waals surface area contributed by atoms with Gasteiger partial charge in [-0.3, -0.25) is 14.5 Å². The zero-order valence-corrected chi connectivity index (χ0v) is 11.9. The van der Waals surface area contributed by atoms with Crippen molar-refractivity contribution < 1.29 is 18.5 Å². The topological polar surface area (TPSA) is 63.4 Å². The van der Waals surface area contributed by atoms with Crippen LogP contribution in [0, 0.1) is 26.6 Å². The Morgan fingerprint density at radius 2 is 1.95 bits per heavy atom. The number of hydrogen-bond acceptors (Lipinski definition) is 4. The Balaban J connectivity index is 2.10. The number of aryl methyl sites for hydroxylation is 3. The lowest BCUT2D eigenvalue weighted by Crippen LogP contribution is -2.29. The quantitative estimate of drug-likeness (QED) is 0.796. The largest absolute Gasteiger partial charge is 0.361 e. The molecule has 6 heteroatoms. The van der Waals surface area contributed by atoms with Crippen molar-refractivity contribution in [3.05, 3.63) is 46.1 Å². The average Bonchev–Trinajstić information content (AvgIpc) is 2.85. The first-order valence-corrected chi connectivity index (χ1v) is 6.48. The highest BCUT2D eigenvalue weighted by Crippen LogP contribution is 2.35. The molecular formula is C15H13FN2O3. The summed E-state index contributed by atoms with van der Waals surface area (Å²) < 4.78 is 18.5. The summed E-state index contributed by atoms with van der Waals surface area (Å²) in [6.07, 6.45) is 0. The molecule has 0 saturated carbocycles. The van der Waals surface area contributed by atoms with Gasteiger partial charge in [-0.05, 0) is 38.5 Å². The summed E-state index contributed by atoms with van der Waals surface area (Å²) in [6.45, 7) is 5.38. The van der Waals surface area contributed by atoms with Crippen molar-refractivity contribution in [2.45, 2.75) is 27.3 Å². The van der Waals surface area contributed by atoms with E-state index in [1.54, 1.807) is 20.8 Å². The fourth-order valence-electron chi connectivity index (χ4n) is 2.64. The van der Waals surface area contributed by atoms with Crippen LogP contribution in [-0.4, -0.2) is 16.8 Å². The van der Waals surface area contributed by atoms with Crippen molar-refractivity contribution in [1.29, 1.82) is 0 Å².